The molecule has 0 bridgehead atoms. The molecule has 1 unspecified atom stereocenters. The monoisotopic (exact) mass is 221 g/mol. The molecule has 0 aliphatic rings. The van der Waals surface area contributed by atoms with E-state index in [0.717, 1.165) is 24.5 Å². The van der Waals surface area contributed by atoms with Crippen LogP contribution in [0.2, 0.25) is 0 Å². The van der Waals surface area contributed by atoms with E-state index >= 15 is 0 Å². The Hall–Kier alpha value is -1.04. The predicted octanol–water partition coefficient (Wildman–Crippen LogP) is 2.44. The van der Waals surface area contributed by atoms with Crippen LogP contribution < -0.4 is 0 Å². The average molecular weight is 221 g/mol. The van der Waals surface area contributed by atoms with Crippen molar-refractivity contribution in [2.24, 2.45) is 0 Å². The Bertz CT molecular complexity index is 345. The molecule has 0 spiro atoms. The summed E-state index contributed by atoms with van der Waals surface area (Å²) >= 11 is 0.734. The van der Waals surface area contributed by atoms with Crippen LogP contribution in [-0.4, -0.2) is 16.1 Å². The third-order valence-electron chi connectivity index (χ3n) is 1.70. The van der Waals surface area contributed by atoms with E-state index in [1.165, 1.54) is 6.92 Å². The summed E-state index contributed by atoms with van der Waals surface area (Å²) in [5.41, 5.74) is 0. The van der Waals surface area contributed by atoms with Crippen molar-refractivity contribution in [3.8, 4) is 0 Å². The first-order chi connectivity index (χ1) is 6.32. The molecule has 1 aromatic heterocycles. The number of carboxylic acid groups (broad SMARTS) is 1. The van der Waals surface area contributed by atoms with Gasteiger partial charge in [0.25, 0.3) is 5.92 Å². The molecule has 0 saturated heterocycles. The Kier molecular flexibility index (Phi) is 2.84. The fourth-order valence-corrected chi connectivity index (χ4v) is 1.69. The third kappa shape index (κ3) is 2.25. The van der Waals surface area contributed by atoms with Crippen molar-refractivity contribution in [1.82, 2.24) is 4.98 Å². The standard InChI is InChI=1S/C8H9F2NO2S/c1-4(7(12)13)6-11-3-5(14-6)8(2,9)10/h3-4H,1-2H3,(H,12,13). The van der Waals surface area contributed by atoms with E-state index in [0.29, 0.717) is 0 Å². The summed E-state index contributed by atoms with van der Waals surface area (Å²) in [6, 6.07) is 0. The number of rotatable bonds is 3. The summed E-state index contributed by atoms with van der Waals surface area (Å²) in [7, 11) is 0. The molecule has 1 atom stereocenters. The molecule has 3 nitrogen and oxygen atoms in total. The Labute approximate surface area is 83.4 Å². The molecule has 6 heteroatoms. The van der Waals surface area contributed by atoms with Gasteiger partial charge in [-0.05, 0) is 6.92 Å². The summed E-state index contributed by atoms with van der Waals surface area (Å²) in [6.07, 6.45) is 1.03. The van der Waals surface area contributed by atoms with Crippen molar-refractivity contribution in [1.29, 1.82) is 0 Å². The van der Waals surface area contributed by atoms with Crippen molar-refractivity contribution >= 4 is 17.3 Å². The number of carboxylic acids is 1. The van der Waals surface area contributed by atoms with Gasteiger partial charge in [0.05, 0.1) is 4.88 Å². The lowest BCUT2D eigenvalue weighted by Crippen LogP contribution is -2.06. The fourth-order valence-electron chi connectivity index (χ4n) is 0.796. The van der Waals surface area contributed by atoms with Crippen molar-refractivity contribution in [3.05, 3.63) is 16.1 Å². The van der Waals surface area contributed by atoms with E-state index < -0.39 is 17.8 Å². The Morgan fingerprint density at radius 3 is 2.64 bits per heavy atom. The highest BCUT2D eigenvalue weighted by Gasteiger charge is 2.29. The topological polar surface area (TPSA) is 50.2 Å². The predicted molar refractivity (Wildman–Crippen MR) is 47.7 cm³/mol. The number of thiazole rings is 1. The van der Waals surface area contributed by atoms with Gasteiger partial charge in [-0.15, -0.1) is 11.3 Å². The molecule has 1 N–H and O–H groups in total. The minimum Gasteiger partial charge on any atom is -0.481 e. The number of aromatic nitrogens is 1. The van der Waals surface area contributed by atoms with Gasteiger partial charge >= 0.3 is 5.97 Å². The minimum absolute atomic E-state index is 0.203. The van der Waals surface area contributed by atoms with E-state index in [1.807, 2.05) is 0 Å². The number of alkyl halides is 2. The molecule has 0 amide bonds. The van der Waals surface area contributed by atoms with Crippen molar-refractivity contribution in [2.45, 2.75) is 25.7 Å². The van der Waals surface area contributed by atoms with E-state index in [9.17, 15) is 13.6 Å². The molecule has 0 aliphatic heterocycles. The maximum atomic E-state index is 12.8. The van der Waals surface area contributed by atoms with Gasteiger partial charge in [0.15, 0.2) is 0 Å². The van der Waals surface area contributed by atoms with Crippen LogP contribution in [-0.2, 0) is 10.7 Å². The smallest absolute Gasteiger partial charge is 0.313 e. The van der Waals surface area contributed by atoms with Gasteiger partial charge in [-0.25, -0.2) is 13.8 Å². The van der Waals surface area contributed by atoms with Gasteiger partial charge in [0, 0.05) is 13.1 Å². The lowest BCUT2D eigenvalue weighted by atomic mass is 10.2. The second-order valence-electron chi connectivity index (χ2n) is 3.01. The first-order valence-corrected chi connectivity index (χ1v) is 4.71. The summed E-state index contributed by atoms with van der Waals surface area (Å²) in [4.78, 5) is 14.0. The molecule has 0 saturated carbocycles. The minimum atomic E-state index is -2.95. The highest BCUT2D eigenvalue weighted by atomic mass is 32.1. The molecule has 78 valence electrons. The van der Waals surface area contributed by atoms with Gasteiger partial charge < -0.3 is 5.11 Å². The van der Waals surface area contributed by atoms with Gasteiger partial charge in [0.1, 0.15) is 10.9 Å². The second kappa shape index (κ2) is 3.61. The molecule has 1 rings (SSSR count). The maximum Gasteiger partial charge on any atom is 0.313 e. The molecule has 14 heavy (non-hydrogen) atoms. The molecule has 1 aromatic rings. The molecular formula is C8H9F2NO2S. The van der Waals surface area contributed by atoms with Crippen LogP contribution in [0.5, 0.6) is 0 Å². The highest BCUT2D eigenvalue weighted by molar-refractivity contribution is 7.11. The summed E-state index contributed by atoms with van der Waals surface area (Å²) in [5.74, 6) is -4.85. The SMILES string of the molecule is CC(C(=O)O)c1ncc(C(C)(F)F)s1. The Balaban J connectivity index is 2.94. The van der Waals surface area contributed by atoms with Crippen LogP contribution in [0.3, 0.4) is 0 Å². The van der Waals surface area contributed by atoms with Crippen LogP contribution >= 0.6 is 11.3 Å². The van der Waals surface area contributed by atoms with Gasteiger partial charge in [-0.3, -0.25) is 4.79 Å². The first kappa shape index (κ1) is 11.0. The summed E-state index contributed by atoms with van der Waals surface area (Å²) < 4.78 is 25.5. The lowest BCUT2D eigenvalue weighted by molar-refractivity contribution is -0.138. The normalized spacial score (nSPS) is 14.0. The van der Waals surface area contributed by atoms with Crippen molar-refractivity contribution in [2.75, 3.05) is 0 Å². The van der Waals surface area contributed by atoms with E-state index in [-0.39, 0.29) is 9.88 Å². The van der Waals surface area contributed by atoms with Crippen LogP contribution in [0.25, 0.3) is 0 Å². The van der Waals surface area contributed by atoms with Crippen molar-refractivity contribution < 1.29 is 18.7 Å². The van der Waals surface area contributed by atoms with E-state index in [2.05, 4.69) is 4.98 Å². The van der Waals surface area contributed by atoms with E-state index in [4.69, 9.17) is 5.11 Å². The van der Waals surface area contributed by atoms with Crippen LogP contribution in [0.4, 0.5) is 8.78 Å². The number of halogens is 2. The third-order valence-corrected chi connectivity index (χ3v) is 3.05. The van der Waals surface area contributed by atoms with Gasteiger partial charge in [-0.1, -0.05) is 0 Å². The zero-order valence-electron chi connectivity index (χ0n) is 7.62. The number of aliphatic carboxylic acids is 1. The fraction of sp³-hybridized carbons (Fsp3) is 0.500. The van der Waals surface area contributed by atoms with Crippen LogP contribution in [0, 0.1) is 0 Å². The van der Waals surface area contributed by atoms with Gasteiger partial charge in [-0.2, -0.15) is 0 Å². The number of carbonyl (C=O) groups is 1. The quantitative estimate of drug-likeness (QED) is 0.852. The molecule has 0 aliphatic carbocycles. The highest BCUT2D eigenvalue weighted by Crippen LogP contribution is 2.33. The zero-order chi connectivity index (χ0) is 10.9. The molecule has 0 radical (unpaired) electrons. The maximum absolute atomic E-state index is 12.8. The van der Waals surface area contributed by atoms with Crippen LogP contribution in [0.15, 0.2) is 6.20 Å². The first-order valence-electron chi connectivity index (χ1n) is 3.89. The van der Waals surface area contributed by atoms with Crippen LogP contribution in [0.1, 0.15) is 29.7 Å². The molecular weight excluding hydrogens is 212 g/mol. The number of nitrogens with zero attached hydrogens (tertiary/aromatic N) is 1. The molecule has 0 fully saturated rings. The Morgan fingerprint density at radius 1 is 1.71 bits per heavy atom. The van der Waals surface area contributed by atoms with Gasteiger partial charge in [0.2, 0.25) is 0 Å². The summed E-state index contributed by atoms with van der Waals surface area (Å²) in [5, 5.41) is 8.83. The second-order valence-corrected chi connectivity index (χ2v) is 4.07. The molecule has 1 heterocycles. The average Bonchev–Trinajstić information content (AvgIpc) is 2.49. The summed E-state index contributed by atoms with van der Waals surface area (Å²) in [6.45, 7) is 2.18. The zero-order valence-corrected chi connectivity index (χ0v) is 8.44. The van der Waals surface area contributed by atoms with Crippen molar-refractivity contribution in [3.63, 3.8) is 0 Å². The van der Waals surface area contributed by atoms with E-state index in [1.54, 1.807) is 0 Å². The largest absolute Gasteiger partial charge is 0.481 e. The number of hydrogen-bond donors (Lipinski definition) is 1. The molecule has 0 aromatic carbocycles. The number of hydrogen-bond acceptors (Lipinski definition) is 3. The Morgan fingerprint density at radius 2 is 2.29 bits per heavy atom. The lowest BCUT2D eigenvalue weighted by Gasteiger charge is -2.05.